The Morgan fingerprint density at radius 1 is 1.24 bits per heavy atom. The number of hydrogen-bond donors (Lipinski definition) is 1. The second kappa shape index (κ2) is 6.26. The number of carbonyl (C=O) groups is 1. The van der Waals surface area contributed by atoms with Crippen molar-refractivity contribution in [2.75, 3.05) is 7.11 Å². The highest BCUT2D eigenvalue weighted by Gasteiger charge is 2.15. The lowest BCUT2D eigenvalue weighted by molar-refractivity contribution is 0.0938. The second-order valence-electron chi connectivity index (χ2n) is 4.80. The van der Waals surface area contributed by atoms with Crippen molar-refractivity contribution >= 4 is 5.91 Å². The molecule has 0 radical (unpaired) electrons. The first kappa shape index (κ1) is 14.8. The third kappa shape index (κ3) is 3.31. The van der Waals surface area contributed by atoms with Crippen molar-refractivity contribution in [3.63, 3.8) is 0 Å². The van der Waals surface area contributed by atoms with E-state index in [0.717, 1.165) is 11.3 Å². The molecule has 1 aromatic carbocycles. The van der Waals surface area contributed by atoms with Crippen LogP contribution in [0.15, 0.2) is 47.4 Å². The minimum Gasteiger partial charge on any atom is -0.496 e. The number of ether oxygens (including phenoxy) is 1. The van der Waals surface area contributed by atoms with E-state index in [0.29, 0.717) is 5.56 Å². The van der Waals surface area contributed by atoms with Crippen LogP contribution in [0, 0.1) is 0 Å². The highest BCUT2D eigenvalue weighted by Crippen LogP contribution is 2.24. The van der Waals surface area contributed by atoms with Gasteiger partial charge in [-0.15, -0.1) is 0 Å². The molecular weight excluding hydrogens is 268 g/mol. The third-order valence-electron chi connectivity index (χ3n) is 3.30. The topological polar surface area (TPSA) is 60.3 Å². The van der Waals surface area contributed by atoms with Gasteiger partial charge in [-0.2, -0.15) is 0 Å². The van der Waals surface area contributed by atoms with E-state index in [4.69, 9.17) is 4.74 Å². The molecule has 0 unspecified atom stereocenters. The highest BCUT2D eigenvalue weighted by atomic mass is 16.5. The number of pyridine rings is 1. The summed E-state index contributed by atoms with van der Waals surface area (Å²) in [7, 11) is 3.21. The zero-order valence-electron chi connectivity index (χ0n) is 12.3. The molecule has 2 aromatic rings. The number of rotatable bonds is 4. The molecule has 0 saturated carbocycles. The Kier molecular flexibility index (Phi) is 4.42. The van der Waals surface area contributed by atoms with Crippen molar-refractivity contribution in [1.29, 1.82) is 0 Å². The van der Waals surface area contributed by atoms with E-state index in [1.54, 1.807) is 14.2 Å². The summed E-state index contributed by atoms with van der Waals surface area (Å²) in [6.45, 7) is 1.89. The van der Waals surface area contributed by atoms with Gasteiger partial charge in [0.25, 0.3) is 5.91 Å². The molecule has 1 heterocycles. The van der Waals surface area contributed by atoms with E-state index < -0.39 is 0 Å². The maximum atomic E-state index is 12.2. The van der Waals surface area contributed by atoms with Crippen LogP contribution >= 0.6 is 0 Å². The average Bonchev–Trinajstić information content (AvgIpc) is 2.49. The Labute approximate surface area is 123 Å². The van der Waals surface area contributed by atoms with Crippen molar-refractivity contribution in [3.05, 3.63) is 64.1 Å². The molecule has 1 N–H and O–H groups in total. The molecule has 0 bridgehead atoms. The molecule has 0 fully saturated rings. The Hall–Kier alpha value is -2.56. The number of nitrogens with one attached hydrogen (secondary N) is 1. The van der Waals surface area contributed by atoms with Crippen molar-refractivity contribution < 1.29 is 9.53 Å². The van der Waals surface area contributed by atoms with Crippen LogP contribution < -0.4 is 15.6 Å². The van der Waals surface area contributed by atoms with Crippen LogP contribution in [0.3, 0.4) is 0 Å². The molecule has 110 valence electrons. The predicted octanol–water partition coefficient (Wildman–Crippen LogP) is 1.88. The summed E-state index contributed by atoms with van der Waals surface area (Å²) in [6, 6.07) is 10.2. The molecule has 0 spiro atoms. The summed E-state index contributed by atoms with van der Waals surface area (Å²) in [6.07, 6.45) is 1.52. The van der Waals surface area contributed by atoms with Crippen LogP contribution in [0.4, 0.5) is 0 Å². The summed E-state index contributed by atoms with van der Waals surface area (Å²) < 4.78 is 6.67. The van der Waals surface area contributed by atoms with Crippen LogP contribution in [0.5, 0.6) is 5.75 Å². The summed E-state index contributed by atoms with van der Waals surface area (Å²) in [5.74, 6) is 0.495. The number of nitrogens with zero attached hydrogens (tertiary/aromatic N) is 1. The number of hydrogen-bond acceptors (Lipinski definition) is 3. The first-order valence-electron chi connectivity index (χ1n) is 6.63. The normalized spacial score (nSPS) is 11.8. The fraction of sp³-hybridized carbons (Fsp3) is 0.250. The fourth-order valence-electron chi connectivity index (χ4n) is 2.11. The van der Waals surface area contributed by atoms with Gasteiger partial charge in [0.05, 0.1) is 18.7 Å². The fourth-order valence-corrected chi connectivity index (χ4v) is 2.11. The molecule has 1 amide bonds. The van der Waals surface area contributed by atoms with Gasteiger partial charge in [-0.1, -0.05) is 18.2 Å². The molecule has 0 aliphatic rings. The van der Waals surface area contributed by atoms with E-state index >= 15 is 0 Å². The van der Waals surface area contributed by atoms with Gasteiger partial charge in [-0.25, -0.2) is 0 Å². The Balaban J connectivity index is 2.18. The van der Waals surface area contributed by atoms with E-state index in [9.17, 15) is 9.59 Å². The standard InChI is InChI=1S/C16H18N2O3/c1-11(13-6-4-5-7-14(13)21-3)17-16(20)12-8-9-15(19)18(2)10-12/h4-11H,1-3H3,(H,17,20)/t11-/m0/s1. The van der Waals surface area contributed by atoms with Crippen LogP contribution in [0.25, 0.3) is 0 Å². The lowest BCUT2D eigenvalue weighted by atomic mass is 10.1. The first-order chi connectivity index (χ1) is 10.0. The van der Waals surface area contributed by atoms with Gasteiger partial charge in [-0.05, 0) is 19.1 Å². The molecule has 5 heteroatoms. The maximum absolute atomic E-state index is 12.2. The van der Waals surface area contributed by atoms with Crippen molar-refractivity contribution in [3.8, 4) is 5.75 Å². The molecule has 2 rings (SSSR count). The van der Waals surface area contributed by atoms with Gasteiger partial charge in [0.2, 0.25) is 5.56 Å². The summed E-state index contributed by atoms with van der Waals surface area (Å²) >= 11 is 0. The molecule has 5 nitrogen and oxygen atoms in total. The SMILES string of the molecule is COc1ccccc1[C@H](C)NC(=O)c1ccc(=O)n(C)c1. The minimum atomic E-state index is -0.232. The van der Waals surface area contributed by atoms with Crippen LogP contribution in [0.1, 0.15) is 28.9 Å². The van der Waals surface area contributed by atoms with Gasteiger partial charge in [0.1, 0.15) is 5.75 Å². The number of benzene rings is 1. The summed E-state index contributed by atoms with van der Waals surface area (Å²) in [5.41, 5.74) is 1.20. The Morgan fingerprint density at radius 3 is 2.62 bits per heavy atom. The Morgan fingerprint density at radius 2 is 1.95 bits per heavy atom. The molecular formula is C16H18N2O3. The summed E-state index contributed by atoms with van der Waals surface area (Å²) in [5, 5.41) is 2.90. The first-order valence-corrected chi connectivity index (χ1v) is 6.63. The largest absolute Gasteiger partial charge is 0.496 e. The average molecular weight is 286 g/mol. The van der Waals surface area contributed by atoms with Gasteiger partial charge in [0, 0.05) is 24.9 Å². The zero-order valence-corrected chi connectivity index (χ0v) is 12.3. The number of amides is 1. The van der Waals surface area contributed by atoms with Gasteiger partial charge in [-0.3, -0.25) is 9.59 Å². The van der Waals surface area contributed by atoms with Crippen LogP contribution in [-0.4, -0.2) is 17.6 Å². The van der Waals surface area contributed by atoms with Crippen molar-refractivity contribution in [2.24, 2.45) is 7.05 Å². The smallest absolute Gasteiger partial charge is 0.253 e. The maximum Gasteiger partial charge on any atom is 0.253 e. The van der Waals surface area contributed by atoms with Gasteiger partial charge < -0.3 is 14.6 Å². The minimum absolute atomic E-state index is 0.149. The predicted molar refractivity (Wildman–Crippen MR) is 80.6 cm³/mol. The zero-order chi connectivity index (χ0) is 15.4. The van der Waals surface area contributed by atoms with Crippen LogP contribution in [-0.2, 0) is 7.05 Å². The van der Waals surface area contributed by atoms with Gasteiger partial charge >= 0.3 is 0 Å². The van der Waals surface area contributed by atoms with Crippen LogP contribution in [0.2, 0.25) is 0 Å². The quantitative estimate of drug-likeness (QED) is 0.933. The Bertz CT molecular complexity index is 707. The monoisotopic (exact) mass is 286 g/mol. The second-order valence-corrected chi connectivity index (χ2v) is 4.80. The number of methoxy groups -OCH3 is 1. The van der Waals surface area contributed by atoms with Crippen molar-refractivity contribution in [2.45, 2.75) is 13.0 Å². The molecule has 0 saturated heterocycles. The van der Waals surface area contributed by atoms with Crippen molar-refractivity contribution in [1.82, 2.24) is 9.88 Å². The lowest BCUT2D eigenvalue weighted by Crippen LogP contribution is -2.28. The van der Waals surface area contributed by atoms with E-state index in [1.807, 2.05) is 31.2 Å². The van der Waals surface area contributed by atoms with E-state index in [1.165, 1.54) is 22.9 Å². The summed E-state index contributed by atoms with van der Waals surface area (Å²) in [4.78, 5) is 23.6. The molecule has 21 heavy (non-hydrogen) atoms. The molecule has 0 aliphatic carbocycles. The lowest BCUT2D eigenvalue weighted by Gasteiger charge is -2.17. The molecule has 1 aromatic heterocycles. The third-order valence-corrected chi connectivity index (χ3v) is 3.30. The number of aryl methyl sites for hydroxylation is 1. The molecule has 0 aliphatic heterocycles. The number of para-hydroxylation sites is 1. The highest BCUT2D eigenvalue weighted by molar-refractivity contribution is 5.94. The van der Waals surface area contributed by atoms with E-state index in [-0.39, 0.29) is 17.5 Å². The number of carbonyl (C=O) groups excluding carboxylic acids is 1. The van der Waals surface area contributed by atoms with Gasteiger partial charge in [0.15, 0.2) is 0 Å². The van der Waals surface area contributed by atoms with E-state index in [2.05, 4.69) is 5.32 Å². The number of aromatic nitrogens is 1. The molecule has 1 atom stereocenters.